The third-order valence-corrected chi connectivity index (χ3v) is 3.76. The third kappa shape index (κ3) is 2.69. The molecule has 1 aromatic rings. The molecule has 0 bridgehead atoms. The Hall–Kier alpha value is -1.29. The molecule has 1 heterocycles. The molecule has 1 amide bonds. The molecule has 4 heteroatoms. The van der Waals surface area contributed by atoms with Gasteiger partial charge in [-0.15, -0.1) is 0 Å². The normalized spacial score (nSPS) is 23.9. The van der Waals surface area contributed by atoms with Crippen molar-refractivity contribution in [1.29, 1.82) is 0 Å². The zero-order valence-electron chi connectivity index (χ0n) is 10.6. The van der Waals surface area contributed by atoms with Crippen LogP contribution in [0.5, 0.6) is 0 Å². The number of aryl methyl sites for hydroxylation is 1. The van der Waals surface area contributed by atoms with Gasteiger partial charge in [0.15, 0.2) is 0 Å². The number of nitrogens with zero attached hydrogens (tertiary/aromatic N) is 1. The van der Waals surface area contributed by atoms with E-state index in [1.807, 2.05) is 7.05 Å². The number of nitrogens with one attached hydrogen (secondary N) is 1. The third-order valence-electron chi connectivity index (χ3n) is 3.76. The number of hydrogen-bond acceptors (Lipinski definition) is 2. The molecule has 0 aliphatic heterocycles. The number of carbonyl (C=O) groups excluding carboxylic acids is 1. The van der Waals surface area contributed by atoms with Gasteiger partial charge < -0.3 is 15.6 Å². The molecule has 94 valence electrons. The molecule has 2 atom stereocenters. The van der Waals surface area contributed by atoms with Crippen LogP contribution in [0.15, 0.2) is 12.1 Å². The highest BCUT2D eigenvalue weighted by Gasteiger charge is 2.27. The first-order valence-electron chi connectivity index (χ1n) is 6.22. The average Bonchev–Trinajstić information content (AvgIpc) is 2.86. The van der Waals surface area contributed by atoms with Gasteiger partial charge in [0.2, 0.25) is 5.91 Å². The second-order valence-electron chi connectivity index (χ2n) is 5.01. The fourth-order valence-electron chi connectivity index (χ4n) is 2.42. The van der Waals surface area contributed by atoms with Gasteiger partial charge in [0.25, 0.3) is 0 Å². The van der Waals surface area contributed by atoms with E-state index in [2.05, 4.69) is 28.9 Å². The Bertz CT molecular complexity index is 411. The molecule has 1 aliphatic rings. The lowest BCUT2D eigenvalue weighted by atomic mass is 10.1. The Balaban J connectivity index is 1.86. The molecule has 2 unspecified atom stereocenters. The minimum atomic E-state index is 0.117. The summed E-state index contributed by atoms with van der Waals surface area (Å²) >= 11 is 0. The SMILES string of the molecule is Cc1ccc(CNC(=O)C2CCC(N)C2)n1C. The molecule has 1 aliphatic carbocycles. The smallest absolute Gasteiger partial charge is 0.223 e. The first-order chi connectivity index (χ1) is 8.08. The van der Waals surface area contributed by atoms with Crippen LogP contribution in [-0.2, 0) is 18.4 Å². The van der Waals surface area contributed by atoms with Crippen LogP contribution in [0.1, 0.15) is 30.7 Å². The molecule has 3 N–H and O–H groups in total. The Kier molecular flexibility index (Phi) is 3.52. The van der Waals surface area contributed by atoms with Crippen LogP contribution in [0, 0.1) is 12.8 Å². The summed E-state index contributed by atoms with van der Waals surface area (Å²) in [5.41, 5.74) is 8.16. The van der Waals surface area contributed by atoms with Crippen LogP contribution in [0.25, 0.3) is 0 Å². The maximum atomic E-state index is 11.9. The molecule has 0 radical (unpaired) electrons. The number of amides is 1. The first kappa shape index (κ1) is 12.2. The molecule has 1 fully saturated rings. The number of carbonyl (C=O) groups is 1. The largest absolute Gasteiger partial charge is 0.350 e. The maximum absolute atomic E-state index is 11.9. The summed E-state index contributed by atoms with van der Waals surface area (Å²) in [6.07, 6.45) is 2.73. The summed E-state index contributed by atoms with van der Waals surface area (Å²) in [6.45, 7) is 2.66. The van der Waals surface area contributed by atoms with E-state index < -0.39 is 0 Å². The maximum Gasteiger partial charge on any atom is 0.223 e. The van der Waals surface area contributed by atoms with Crippen LogP contribution < -0.4 is 11.1 Å². The summed E-state index contributed by atoms with van der Waals surface area (Å²) in [6, 6.07) is 4.33. The predicted octanol–water partition coefficient (Wildman–Crippen LogP) is 1.08. The molecule has 1 saturated carbocycles. The Morgan fingerprint density at radius 2 is 2.29 bits per heavy atom. The summed E-state index contributed by atoms with van der Waals surface area (Å²) < 4.78 is 2.10. The van der Waals surface area contributed by atoms with Crippen molar-refractivity contribution in [3.8, 4) is 0 Å². The zero-order valence-corrected chi connectivity index (χ0v) is 10.6. The highest BCUT2D eigenvalue weighted by atomic mass is 16.1. The highest BCUT2D eigenvalue weighted by molar-refractivity contribution is 5.78. The van der Waals surface area contributed by atoms with Crippen LogP contribution in [0.3, 0.4) is 0 Å². The fraction of sp³-hybridized carbons (Fsp3) is 0.615. The Morgan fingerprint density at radius 1 is 1.53 bits per heavy atom. The standard InChI is InChI=1S/C13H21N3O/c1-9-3-6-12(16(9)2)8-15-13(17)10-4-5-11(14)7-10/h3,6,10-11H,4-5,7-8,14H2,1-2H3,(H,15,17). The lowest BCUT2D eigenvalue weighted by Gasteiger charge is -2.11. The van der Waals surface area contributed by atoms with Crippen molar-refractivity contribution < 1.29 is 4.79 Å². The van der Waals surface area contributed by atoms with Gasteiger partial charge in [-0.2, -0.15) is 0 Å². The van der Waals surface area contributed by atoms with E-state index in [1.54, 1.807) is 0 Å². The van der Waals surface area contributed by atoms with Gasteiger partial charge in [0.05, 0.1) is 6.54 Å². The van der Waals surface area contributed by atoms with Gasteiger partial charge in [0.1, 0.15) is 0 Å². The summed E-state index contributed by atoms with van der Waals surface area (Å²) in [5.74, 6) is 0.267. The predicted molar refractivity (Wildman–Crippen MR) is 67.3 cm³/mol. The van der Waals surface area contributed by atoms with E-state index in [4.69, 9.17) is 5.73 Å². The van der Waals surface area contributed by atoms with E-state index >= 15 is 0 Å². The average molecular weight is 235 g/mol. The molecule has 2 rings (SSSR count). The van der Waals surface area contributed by atoms with Crippen molar-refractivity contribution in [3.05, 3.63) is 23.5 Å². The van der Waals surface area contributed by atoms with Gasteiger partial charge >= 0.3 is 0 Å². The second-order valence-corrected chi connectivity index (χ2v) is 5.01. The Morgan fingerprint density at radius 3 is 2.82 bits per heavy atom. The van der Waals surface area contributed by atoms with Crippen molar-refractivity contribution >= 4 is 5.91 Å². The molecule has 4 nitrogen and oxygen atoms in total. The minimum absolute atomic E-state index is 0.117. The zero-order chi connectivity index (χ0) is 12.4. The molecular formula is C13H21N3O. The quantitative estimate of drug-likeness (QED) is 0.823. The van der Waals surface area contributed by atoms with Crippen molar-refractivity contribution in [2.75, 3.05) is 0 Å². The lowest BCUT2D eigenvalue weighted by molar-refractivity contribution is -0.125. The second kappa shape index (κ2) is 4.92. The van der Waals surface area contributed by atoms with E-state index in [9.17, 15) is 4.79 Å². The molecule has 0 saturated heterocycles. The summed E-state index contributed by atoms with van der Waals surface area (Å²) in [5, 5.41) is 3.00. The van der Waals surface area contributed by atoms with Crippen molar-refractivity contribution in [1.82, 2.24) is 9.88 Å². The summed E-state index contributed by atoms with van der Waals surface area (Å²) in [7, 11) is 2.02. The lowest BCUT2D eigenvalue weighted by Crippen LogP contribution is -2.30. The minimum Gasteiger partial charge on any atom is -0.350 e. The van der Waals surface area contributed by atoms with Crippen molar-refractivity contribution in [2.24, 2.45) is 18.7 Å². The van der Waals surface area contributed by atoms with Gasteiger partial charge in [-0.3, -0.25) is 4.79 Å². The van der Waals surface area contributed by atoms with E-state index in [0.29, 0.717) is 6.54 Å². The van der Waals surface area contributed by atoms with E-state index in [-0.39, 0.29) is 17.9 Å². The van der Waals surface area contributed by atoms with Crippen LogP contribution >= 0.6 is 0 Å². The number of aromatic nitrogens is 1. The molecular weight excluding hydrogens is 214 g/mol. The first-order valence-corrected chi connectivity index (χ1v) is 6.22. The number of nitrogens with two attached hydrogens (primary N) is 1. The van der Waals surface area contributed by atoms with Gasteiger partial charge in [-0.05, 0) is 38.3 Å². The van der Waals surface area contributed by atoms with Crippen LogP contribution in [0.4, 0.5) is 0 Å². The van der Waals surface area contributed by atoms with Gasteiger partial charge in [-0.25, -0.2) is 0 Å². The monoisotopic (exact) mass is 235 g/mol. The number of rotatable bonds is 3. The van der Waals surface area contributed by atoms with E-state index in [1.165, 1.54) is 5.69 Å². The van der Waals surface area contributed by atoms with E-state index in [0.717, 1.165) is 25.0 Å². The Labute approximate surface area is 102 Å². The number of hydrogen-bond donors (Lipinski definition) is 2. The summed E-state index contributed by atoms with van der Waals surface area (Å²) in [4.78, 5) is 11.9. The van der Waals surface area contributed by atoms with Crippen LogP contribution in [0.2, 0.25) is 0 Å². The van der Waals surface area contributed by atoms with Gasteiger partial charge in [0, 0.05) is 30.4 Å². The molecule has 0 aromatic carbocycles. The molecule has 0 spiro atoms. The van der Waals surface area contributed by atoms with Crippen molar-refractivity contribution in [3.63, 3.8) is 0 Å². The fourth-order valence-corrected chi connectivity index (χ4v) is 2.42. The molecule has 17 heavy (non-hydrogen) atoms. The van der Waals surface area contributed by atoms with Gasteiger partial charge in [-0.1, -0.05) is 0 Å². The van der Waals surface area contributed by atoms with Crippen LogP contribution in [-0.4, -0.2) is 16.5 Å². The molecule has 1 aromatic heterocycles. The van der Waals surface area contributed by atoms with Crippen molar-refractivity contribution in [2.45, 2.75) is 38.8 Å². The topological polar surface area (TPSA) is 60.1 Å². The highest BCUT2D eigenvalue weighted by Crippen LogP contribution is 2.24.